The molecule has 1 atom stereocenters. The van der Waals surface area contributed by atoms with E-state index in [0.29, 0.717) is 15.7 Å². The van der Waals surface area contributed by atoms with Crippen molar-refractivity contribution in [3.8, 4) is 0 Å². The van der Waals surface area contributed by atoms with Gasteiger partial charge in [0.2, 0.25) is 0 Å². The van der Waals surface area contributed by atoms with Gasteiger partial charge in [0.25, 0.3) is 0 Å². The highest BCUT2D eigenvalue weighted by Crippen LogP contribution is 2.29. The highest BCUT2D eigenvalue weighted by Gasteiger charge is 2.15. The Morgan fingerprint density at radius 3 is 2.33 bits per heavy atom. The molecule has 18 heavy (non-hydrogen) atoms. The van der Waals surface area contributed by atoms with E-state index in [4.69, 9.17) is 34.8 Å². The molecule has 0 heterocycles. The molecular weight excluding hydrogens is 269 g/mol. The third-order valence-corrected chi connectivity index (χ3v) is 3.18. The molecule has 0 amide bonds. The van der Waals surface area contributed by atoms with E-state index in [9.17, 15) is 0 Å². The molecular formula is C13H13Cl2N3. The number of nitrogen functional groups attached to an aromatic ring is 1. The first-order valence-corrected chi connectivity index (χ1v) is 6.14. The average molecular weight is 282 g/mol. The van der Waals surface area contributed by atoms with Gasteiger partial charge >= 0.3 is 0 Å². The van der Waals surface area contributed by atoms with Gasteiger partial charge in [-0.3, -0.25) is 5.84 Å². The molecule has 2 aromatic carbocycles. The molecule has 2 rings (SSSR count). The fourth-order valence-corrected chi connectivity index (χ4v) is 2.24. The topological polar surface area (TPSA) is 64.1 Å². The van der Waals surface area contributed by atoms with E-state index >= 15 is 0 Å². The molecule has 0 aliphatic heterocycles. The molecule has 5 heteroatoms. The van der Waals surface area contributed by atoms with Crippen LogP contribution in [0.1, 0.15) is 17.2 Å². The van der Waals surface area contributed by atoms with Crippen LogP contribution in [0.4, 0.5) is 5.69 Å². The van der Waals surface area contributed by atoms with E-state index in [0.717, 1.165) is 11.1 Å². The average Bonchev–Trinajstić information content (AvgIpc) is 2.33. The molecule has 5 N–H and O–H groups in total. The molecule has 0 aliphatic carbocycles. The molecule has 94 valence electrons. The standard InChI is InChI=1S/C13H13Cl2N3/c14-9-3-1-2-8(6-9)13(18-17)11-5-4-10(15)7-12(11)16/h1-7,13,18H,16-17H2. The highest BCUT2D eigenvalue weighted by atomic mass is 35.5. The van der Waals surface area contributed by atoms with Crippen molar-refractivity contribution in [3.05, 3.63) is 63.6 Å². The number of anilines is 1. The van der Waals surface area contributed by atoms with Crippen LogP contribution in [0.15, 0.2) is 42.5 Å². The summed E-state index contributed by atoms with van der Waals surface area (Å²) in [7, 11) is 0. The van der Waals surface area contributed by atoms with E-state index in [2.05, 4.69) is 5.43 Å². The normalized spacial score (nSPS) is 12.4. The number of rotatable bonds is 3. The summed E-state index contributed by atoms with van der Waals surface area (Å²) in [6, 6.07) is 12.6. The maximum atomic E-state index is 5.98. The third-order valence-electron chi connectivity index (χ3n) is 2.71. The second kappa shape index (κ2) is 5.59. The Balaban J connectivity index is 2.45. The molecule has 0 saturated carbocycles. The predicted octanol–water partition coefficient (Wildman–Crippen LogP) is 3.13. The zero-order valence-electron chi connectivity index (χ0n) is 9.53. The Morgan fingerprint density at radius 2 is 1.72 bits per heavy atom. The molecule has 0 aliphatic rings. The van der Waals surface area contributed by atoms with E-state index in [-0.39, 0.29) is 6.04 Å². The fourth-order valence-electron chi connectivity index (χ4n) is 1.86. The van der Waals surface area contributed by atoms with Crippen LogP contribution in [0.25, 0.3) is 0 Å². The third kappa shape index (κ3) is 2.76. The van der Waals surface area contributed by atoms with Crippen LogP contribution in [0.2, 0.25) is 10.0 Å². The Bertz CT molecular complexity index is 558. The minimum atomic E-state index is -0.221. The monoisotopic (exact) mass is 281 g/mol. The van der Waals surface area contributed by atoms with Gasteiger partial charge < -0.3 is 5.73 Å². The van der Waals surface area contributed by atoms with Crippen molar-refractivity contribution >= 4 is 28.9 Å². The molecule has 0 spiro atoms. The smallest absolute Gasteiger partial charge is 0.0730 e. The number of hydrogen-bond acceptors (Lipinski definition) is 3. The zero-order valence-corrected chi connectivity index (χ0v) is 11.0. The van der Waals surface area contributed by atoms with Gasteiger partial charge in [-0.15, -0.1) is 0 Å². The lowest BCUT2D eigenvalue weighted by atomic mass is 9.98. The van der Waals surface area contributed by atoms with Crippen LogP contribution in [0.5, 0.6) is 0 Å². The minimum absolute atomic E-state index is 0.221. The van der Waals surface area contributed by atoms with Gasteiger partial charge in [0.1, 0.15) is 0 Å². The van der Waals surface area contributed by atoms with Crippen molar-refractivity contribution in [2.24, 2.45) is 5.84 Å². The van der Waals surface area contributed by atoms with Crippen molar-refractivity contribution in [2.75, 3.05) is 5.73 Å². The molecule has 3 nitrogen and oxygen atoms in total. The van der Waals surface area contributed by atoms with Crippen molar-refractivity contribution in [3.63, 3.8) is 0 Å². The van der Waals surface area contributed by atoms with Crippen molar-refractivity contribution < 1.29 is 0 Å². The lowest BCUT2D eigenvalue weighted by Gasteiger charge is -2.19. The van der Waals surface area contributed by atoms with Crippen LogP contribution < -0.4 is 17.0 Å². The first kappa shape index (κ1) is 13.2. The van der Waals surface area contributed by atoms with Gasteiger partial charge in [-0.25, -0.2) is 5.43 Å². The van der Waals surface area contributed by atoms with Gasteiger partial charge in [0, 0.05) is 15.7 Å². The van der Waals surface area contributed by atoms with E-state index in [1.807, 2.05) is 30.3 Å². The summed E-state index contributed by atoms with van der Waals surface area (Å²) >= 11 is 11.9. The number of nitrogens with one attached hydrogen (secondary N) is 1. The zero-order chi connectivity index (χ0) is 13.1. The van der Waals surface area contributed by atoms with E-state index < -0.39 is 0 Å². The summed E-state index contributed by atoms with van der Waals surface area (Å²) in [5.41, 5.74) is 11.1. The Kier molecular flexibility index (Phi) is 4.09. The van der Waals surface area contributed by atoms with Gasteiger partial charge in [-0.2, -0.15) is 0 Å². The van der Waals surface area contributed by atoms with Crippen LogP contribution in [0, 0.1) is 0 Å². The SMILES string of the molecule is NNC(c1cccc(Cl)c1)c1ccc(Cl)cc1N. The largest absolute Gasteiger partial charge is 0.398 e. The maximum Gasteiger partial charge on any atom is 0.0730 e. The molecule has 0 aromatic heterocycles. The van der Waals surface area contributed by atoms with Gasteiger partial charge in [0.05, 0.1) is 6.04 Å². The summed E-state index contributed by atoms with van der Waals surface area (Å²) in [6.45, 7) is 0. The number of hydrazine groups is 1. The van der Waals surface area contributed by atoms with Crippen LogP contribution in [-0.2, 0) is 0 Å². The molecule has 0 fully saturated rings. The summed E-state index contributed by atoms with van der Waals surface area (Å²) < 4.78 is 0. The quantitative estimate of drug-likeness (QED) is 0.460. The molecule has 0 radical (unpaired) electrons. The molecule has 1 unspecified atom stereocenters. The second-order valence-electron chi connectivity index (χ2n) is 3.93. The lowest BCUT2D eigenvalue weighted by molar-refractivity contribution is 0.638. The van der Waals surface area contributed by atoms with Gasteiger partial charge in [-0.05, 0) is 35.4 Å². The molecule has 2 aromatic rings. The summed E-state index contributed by atoms with van der Waals surface area (Å²) in [4.78, 5) is 0. The van der Waals surface area contributed by atoms with Crippen molar-refractivity contribution in [2.45, 2.75) is 6.04 Å². The molecule has 0 bridgehead atoms. The first-order chi connectivity index (χ1) is 8.61. The number of hydrogen-bond donors (Lipinski definition) is 3. The molecule has 0 saturated heterocycles. The highest BCUT2D eigenvalue weighted by molar-refractivity contribution is 6.31. The number of halogens is 2. The second-order valence-corrected chi connectivity index (χ2v) is 4.80. The van der Waals surface area contributed by atoms with Crippen molar-refractivity contribution in [1.82, 2.24) is 5.43 Å². The fraction of sp³-hybridized carbons (Fsp3) is 0.0769. The Hall–Kier alpha value is -1.26. The van der Waals surface area contributed by atoms with Crippen molar-refractivity contribution in [1.29, 1.82) is 0 Å². The first-order valence-electron chi connectivity index (χ1n) is 5.38. The Morgan fingerprint density at radius 1 is 1.00 bits per heavy atom. The van der Waals surface area contributed by atoms with E-state index in [1.54, 1.807) is 12.1 Å². The maximum absolute atomic E-state index is 5.98. The van der Waals surface area contributed by atoms with Crippen LogP contribution in [-0.4, -0.2) is 0 Å². The minimum Gasteiger partial charge on any atom is -0.398 e. The summed E-state index contributed by atoms with van der Waals surface area (Å²) in [5, 5.41) is 1.25. The summed E-state index contributed by atoms with van der Waals surface area (Å²) in [6.07, 6.45) is 0. The lowest BCUT2D eigenvalue weighted by Crippen LogP contribution is -2.29. The number of benzene rings is 2. The van der Waals surface area contributed by atoms with Gasteiger partial charge in [-0.1, -0.05) is 41.4 Å². The van der Waals surface area contributed by atoms with Gasteiger partial charge in [0.15, 0.2) is 0 Å². The van der Waals surface area contributed by atoms with Crippen LogP contribution >= 0.6 is 23.2 Å². The predicted molar refractivity (Wildman–Crippen MR) is 76.5 cm³/mol. The van der Waals surface area contributed by atoms with E-state index in [1.165, 1.54) is 0 Å². The summed E-state index contributed by atoms with van der Waals surface area (Å²) in [5.74, 6) is 5.61. The Labute approximate surface area is 116 Å². The number of nitrogens with two attached hydrogens (primary N) is 2. The van der Waals surface area contributed by atoms with Crippen LogP contribution in [0.3, 0.4) is 0 Å².